The Morgan fingerprint density at radius 3 is 3.05 bits per heavy atom. The first-order valence-corrected chi connectivity index (χ1v) is 6.87. The summed E-state index contributed by atoms with van der Waals surface area (Å²) in [6, 6.07) is 3.41. The van der Waals surface area contributed by atoms with E-state index in [-0.39, 0.29) is 10.6 Å². The third-order valence-electron chi connectivity index (χ3n) is 4.13. The summed E-state index contributed by atoms with van der Waals surface area (Å²) in [5.74, 6) is 1.38. The van der Waals surface area contributed by atoms with Crippen LogP contribution < -0.4 is 15.0 Å². The zero-order chi connectivity index (χ0) is 14.1. The monoisotopic (exact) mass is 278 g/mol. The van der Waals surface area contributed by atoms with Crippen molar-refractivity contribution in [2.45, 2.75) is 18.9 Å². The van der Waals surface area contributed by atoms with Crippen LogP contribution in [0.25, 0.3) is 0 Å². The molecule has 2 aliphatic rings. The van der Waals surface area contributed by atoms with E-state index in [0.29, 0.717) is 23.7 Å². The van der Waals surface area contributed by atoms with Crippen molar-refractivity contribution in [2.75, 3.05) is 31.6 Å². The molecule has 3 rings (SSSR count). The lowest BCUT2D eigenvalue weighted by Gasteiger charge is -2.24. The van der Waals surface area contributed by atoms with Crippen LogP contribution in [0.1, 0.15) is 12.8 Å². The summed E-state index contributed by atoms with van der Waals surface area (Å²) in [5.41, 5.74) is 0.0458. The molecule has 7 heteroatoms. The topological polar surface area (TPSA) is 80.5 Å². The molecule has 1 N–H and O–H groups in total. The lowest BCUT2D eigenvalue weighted by atomic mass is 9.94. The van der Waals surface area contributed by atoms with Gasteiger partial charge in [0.25, 0.3) is 0 Å². The van der Waals surface area contributed by atoms with Crippen molar-refractivity contribution in [2.24, 2.45) is 5.92 Å². The minimum atomic E-state index is -0.378. The van der Waals surface area contributed by atoms with Gasteiger partial charge in [-0.3, -0.25) is 10.1 Å². The third-order valence-corrected chi connectivity index (χ3v) is 4.13. The lowest BCUT2D eigenvalue weighted by Crippen LogP contribution is -2.40. The van der Waals surface area contributed by atoms with Gasteiger partial charge in [0.15, 0.2) is 0 Å². The molecule has 1 aromatic rings. The van der Waals surface area contributed by atoms with E-state index in [1.807, 2.05) is 4.90 Å². The number of pyridine rings is 1. The molecule has 2 atom stereocenters. The van der Waals surface area contributed by atoms with Gasteiger partial charge in [-0.05, 0) is 25.3 Å². The first kappa shape index (κ1) is 13.1. The smallest absolute Gasteiger partial charge is 0.311 e. The van der Waals surface area contributed by atoms with E-state index in [9.17, 15) is 10.1 Å². The molecule has 2 fully saturated rings. The van der Waals surface area contributed by atoms with Crippen LogP contribution in [0.3, 0.4) is 0 Å². The van der Waals surface area contributed by atoms with E-state index >= 15 is 0 Å². The van der Waals surface area contributed by atoms with Crippen LogP contribution in [0.5, 0.6) is 5.88 Å². The Hall–Kier alpha value is -1.89. The quantitative estimate of drug-likeness (QED) is 0.660. The van der Waals surface area contributed by atoms with Gasteiger partial charge in [0.2, 0.25) is 11.7 Å². The van der Waals surface area contributed by atoms with Gasteiger partial charge >= 0.3 is 5.69 Å². The molecule has 0 radical (unpaired) electrons. The van der Waals surface area contributed by atoms with Crippen LogP contribution >= 0.6 is 0 Å². The highest BCUT2D eigenvalue weighted by atomic mass is 16.6. The van der Waals surface area contributed by atoms with Crippen LogP contribution in [0.15, 0.2) is 12.1 Å². The molecule has 0 spiro atoms. The van der Waals surface area contributed by atoms with Gasteiger partial charge in [0.1, 0.15) is 0 Å². The lowest BCUT2D eigenvalue weighted by molar-refractivity contribution is -0.384. The fourth-order valence-corrected chi connectivity index (χ4v) is 3.13. The fraction of sp³-hybridized carbons (Fsp3) is 0.615. The number of aromatic nitrogens is 1. The van der Waals surface area contributed by atoms with Crippen molar-refractivity contribution in [3.63, 3.8) is 0 Å². The summed E-state index contributed by atoms with van der Waals surface area (Å²) in [6.45, 7) is 2.62. The van der Waals surface area contributed by atoms with Gasteiger partial charge in [0.05, 0.1) is 12.0 Å². The highest BCUT2D eigenvalue weighted by Crippen LogP contribution is 2.34. The Labute approximate surface area is 117 Å². The highest BCUT2D eigenvalue weighted by Gasteiger charge is 2.37. The van der Waals surface area contributed by atoms with Gasteiger partial charge in [-0.1, -0.05) is 0 Å². The van der Waals surface area contributed by atoms with E-state index < -0.39 is 0 Å². The van der Waals surface area contributed by atoms with Crippen molar-refractivity contribution >= 4 is 11.5 Å². The Kier molecular flexibility index (Phi) is 3.43. The molecule has 7 nitrogen and oxygen atoms in total. The highest BCUT2D eigenvalue weighted by molar-refractivity contribution is 5.60. The Morgan fingerprint density at radius 1 is 1.50 bits per heavy atom. The van der Waals surface area contributed by atoms with Crippen molar-refractivity contribution in [1.29, 1.82) is 0 Å². The fourth-order valence-electron chi connectivity index (χ4n) is 3.13. The zero-order valence-corrected chi connectivity index (χ0v) is 11.4. The normalized spacial score (nSPS) is 25.4. The van der Waals surface area contributed by atoms with Gasteiger partial charge in [0, 0.05) is 31.3 Å². The molecule has 0 amide bonds. The summed E-state index contributed by atoms with van der Waals surface area (Å²) in [4.78, 5) is 17.1. The average molecular weight is 278 g/mol. The van der Waals surface area contributed by atoms with E-state index in [1.165, 1.54) is 32.1 Å². The number of methoxy groups -OCH3 is 1. The molecule has 0 unspecified atom stereocenters. The van der Waals surface area contributed by atoms with Gasteiger partial charge in [-0.2, -0.15) is 4.98 Å². The molecule has 2 aliphatic heterocycles. The minimum absolute atomic E-state index is 0.0458. The Balaban J connectivity index is 1.90. The number of anilines is 1. The van der Waals surface area contributed by atoms with Gasteiger partial charge in [-0.25, -0.2) is 0 Å². The second-order valence-electron chi connectivity index (χ2n) is 5.32. The predicted octanol–water partition coefficient (Wildman–Crippen LogP) is 1.19. The molecule has 0 saturated carbocycles. The second kappa shape index (κ2) is 5.24. The second-order valence-corrected chi connectivity index (χ2v) is 5.32. The molecule has 1 aromatic heterocycles. The number of nitrogens with one attached hydrogen (secondary N) is 1. The molecule has 108 valence electrons. The number of piperidine rings is 1. The maximum atomic E-state index is 11.2. The van der Waals surface area contributed by atoms with Crippen LogP contribution in [-0.4, -0.2) is 42.7 Å². The number of fused-ring (bicyclic) bond motifs is 1. The van der Waals surface area contributed by atoms with Crippen molar-refractivity contribution in [3.8, 4) is 5.88 Å². The van der Waals surface area contributed by atoms with E-state index in [1.54, 1.807) is 0 Å². The summed E-state index contributed by atoms with van der Waals surface area (Å²) in [7, 11) is 1.52. The number of rotatable bonds is 3. The molecule has 20 heavy (non-hydrogen) atoms. The number of hydrogen-bond donors (Lipinski definition) is 1. The molecular weight excluding hydrogens is 260 g/mol. The Bertz CT molecular complexity index is 508. The summed E-state index contributed by atoms with van der Waals surface area (Å²) < 4.78 is 5.09. The maximum Gasteiger partial charge on any atom is 0.311 e. The van der Waals surface area contributed by atoms with Crippen molar-refractivity contribution < 1.29 is 9.66 Å². The van der Waals surface area contributed by atoms with Crippen LogP contribution in [-0.2, 0) is 0 Å². The molecular formula is C13H18N4O3. The predicted molar refractivity (Wildman–Crippen MR) is 74.2 cm³/mol. The summed E-state index contributed by atoms with van der Waals surface area (Å²) in [5, 5.41) is 14.7. The molecule has 0 aromatic carbocycles. The number of ether oxygens (including phenoxy) is 1. The number of nitro groups is 1. The van der Waals surface area contributed by atoms with E-state index in [0.717, 1.165) is 19.6 Å². The van der Waals surface area contributed by atoms with Crippen molar-refractivity contribution in [3.05, 3.63) is 22.2 Å². The molecule has 0 bridgehead atoms. The minimum Gasteiger partial charge on any atom is -0.481 e. The average Bonchev–Trinajstić information content (AvgIpc) is 2.90. The SMILES string of the molecule is COc1ccc([N+](=O)[O-])c(N2C[C@@H]3CCCN[C@@H]3C2)n1. The third kappa shape index (κ3) is 2.29. The van der Waals surface area contributed by atoms with Gasteiger partial charge in [-0.15, -0.1) is 0 Å². The van der Waals surface area contributed by atoms with E-state index in [4.69, 9.17) is 4.74 Å². The van der Waals surface area contributed by atoms with Crippen LogP contribution in [0.4, 0.5) is 11.5 Å². The van der Waals surface area contributed by atoms with E-state index in [2.05, 4.69) is 10.3 Å². The maximum absolute atomic E-state index is 11.2. The van der Waals surface area contributed by atoms with Crippen LogP contribution in [0.2, 0.25) is 0 Å². The standard InChI is InChI=1S/C13H18N4O3/c1-20-12-5-4-11(17(18)19)13(15-12)16-7-9-3-2-6-14-10(9)8-16/h4-5,9-10,14H,2-3,6-8H2,1H3/t9-,10+/m0/s1. The number of nitrogens with zero attached hydrogens (tertiary/aromatic N) is 3. The largest absolute Gasteiger partial charge is 0.481 e. The molecule has 2 saturated heterocycles. The molecule has 3 heterocycles. The van der Waals surface area contributed by atoms with Crippen molar-refractivity contribution in [1.82, 2.24) is 10.3 Å². The van der Waals surface area contributed by atoms with Crippen LogP contribution in [0, 0.1) is 16.0 Å². The Morgan fingerprint density at radius 2 is 2.35 bits per heavy atom. The first-order valence-electron chi connectivity index (χ1n) is 6.87. The summed E-state index contributed by atoms with van der Waals surface area (Å²) in [6.07, 6.45) is 2.34. The molecule has 0 aliphatic carbocycles. The number of hydrogen-bond acceptors (Lipinski definition) is 6. The summed E-state index contributed by atoms with van der Waals surface area (Å²) >= 11 is 0. The zero-order valence-electron chi connectivity index (χ0n) is 11.4. The first-order chi connectivity index (χ1) is 9.69. The van der Waals surface area contributed by atoms with Gasteiger partial charge < -0.3 is 15.0 Å².